The van der Waals surface area contributed by atoms with Crippen molar-refractivity contribution in [1.29, 1.82) is 5.26 Å². The Hall–Kier alpha value is -1.53. The van der Waals surface area contributed by atoms with E-state index in [-0.39, 0.29) is 17.4 Å². The monoisotopic (exact) mass is 190 g/mol. The van der Waals surface area contributed by atoms with Gasteiger partial charge in [0.1, 0.15) is 11.8 Å². The van der Waals surface area contributed by atoms with Gasteiger partial charge in [0, 0.05) is 11.6 Å². The fourth-order valence-corrected chi connectivity index (χ4v) is 1.42. The topological polar surface area (TPSA) is 70.0 Å². The van der Waals surface area contributed by atoms with E-state index in [2.05, 4.69) is 0 Å². The molecular weight excluding hydrogens is 176 g/mol. The Kier molecular flexibility index (Phi) is 3.49. The highest BCUT2D eigenvalue weighted by Gasteiger charge is 2.12. The largest absolute Gasteiger partial charge is 0.506 e. The van der Waals surface area contributed by atoms with Crippen LogP contribution in [0.5, 0.6) is 5.75 Å². The van der Waals surface area contributed by atoms with Gasteiger partial charge < -0.3 is 10.8 Å². The fourth-order valence-electron chi connectivity index (χ4n) is 1.42. The third-order valence-corrected chi connectivity index (χ3v) is 2.19. The van der Waals surface area contributed by atoms with Crippen molar-refractivity contribution < 1.29 is 5.11 Å². The lowest BCUT2D eigenvalue weighted by molar-refractivity contribution is 0.456. The van der Waals surface area contributed by atoms with E-state index in [1.165, 1.54) is 0 Å². The summed E-state index contributed by atoms with van der Waals surface area (Å²) < 4.78 is 0. The number of nitrogens with two attached hydrogens (primary N) is 1. The molecular formula is C11H14N2O. The van der Waals surface area contributed by atoms with E-state index in [0.29, 0.717) is 5.56 Å². The first-order chi connectivity index (χ1) is 6.70. The van der Waals surface area contributed by atoms with Crippen LogP contribution in [-0.4, -0.2) is 5.11 Å². The minimum Gasteiger partial charge on any atom is -0.506 e. The average Bonchev–Trinajstić information content (AvgIpc) is 2.18. The van der Waals surface area contributed by atoms with E-state index in [1.807, 2.05) is 13.0 Å². The zero-order valence-corrected chi connectivity index (χ0v) is 8.20. The number of para-hydroxylation sites is 1. The molecule has 1 atom stereocenters. The summed E-state index contributed by atoms with van der Waals surface area (Å²) in [5.41, 5.74) is 6.80. The second-order valence-electron chi connectivity index (χ2n) is 3.25. The third kappa shape index (κ3) is 2.04. The van der Waals surface area contributed by atoms with Crippen molar-refractivity contribution in [3.8, 4) is 11.8 Å². The first-order valence-corrected chi connectivity index (χ1v) is 4.68. The van der Waals surface area contributed by atoms with Crippen LogP contribution in [0.3, 0.4) is 0 Å². The van der Waals surface area contributed by atoms with Crippen LogP contribution in [0, 0.1) is 11.3 Å². The number of aromatic hydroxyl groups is 1. The molecule has 3 N–H and O–H groups in total. The fraction of sp³-hybridized carbons (Fsp3) is 0.364. The van der Waals surface area contributed by atoms with Gasteiger partial charge in [-0.05, 0) is 12.5 Å². The molecule has 0 aliphatic rings. The lowest BCUT2D eigenvalue weighted by atomic mass is 10.00. The van der Waals surface area contributed by atoms with Gasteiger partial charge in [-0.25, -0.2) is 0 Å². The summed E-state index contributed by atoms with van der Waals surface area (Å²) in [5.74, 6) is 0.0240. The Morgan fingerprint density at radius 3 is 2.86 bits per heavy atom. The molecule has 0 aromatic heterocycles. The molecule has 0 spiro atoms. The zero-order chi connectivity index (χ0) is 10.6. The molecule has 0 radical (unpaired) electrons. The van der Waals surface area contributed by atoms with Gasteiger partial charge in [0.15, 0.2) is 0 Å². The molecule has 1 rings (SSSR count). The van der Waals surface area contributed by atoms with Gasteiger partial charge in [-0.1, -0.05) is 25.5 Å². The first kappa shape index (κ1) is 10.6. The lowest BCUT2D eigenvalue weighted by Gasteiger charge is -2.12. The summed E-state index contributed by atoms with van der Waals surface area (Å²) in [7, 11) is 0. The maximum atomic E-state index is 9.68. The Morgan fingerprint density at radius 1 is 1.57 bits per heavy atom. The van der Waals surface area contributed by atoms with E-state index < -0.39 is 0 Å². The number of phenolic OH excluding ortho intramolecular Hbond substituents is 1. The molecule has 74 valence electrons. The molecule has 3 heteroatoms. The molecule has 0 amide bonds. The van der Waals surface area contributed by atoms with E-state index in [0.717, 1.165) is 12.8 Å². The molecule has 0 saturated heterocycles. The average molecular weight is 190 g/mol. The number of nitrogens with zero attached hydrogens (tertiary/aromatic N) is 1. The summed E-state index contributed by atoms with van der Waals surface area (Å²) in [4.78, 5) is 0. The van der Waals surface area contributed by atoms with Crippen LogP contribution in [0.15, 0.2) is 18.2 Å². The number of nitriles is 1. The van der Waals surface area contributed by atoms with Crippen LogP contribution in [0.25, 0.3) is 0 Å². The lowest BCUT2D eigenvalue weighted by Crippen LogP contribution is -2.10. The van der Waals surface area contributed by atoms with Crippen LogP contribution in [-0.2, 0) is 0 Å². The summed E-state index contributed by atoms with van der Waals surface area (Å²) in [5, 5.41) is 18.4. The molecule has 0 saturated carbocycles. The smallest absolute Gasteiger partial charge is 0.138 e. The molecule has 1 aromatic carbocycles. The summed E-state index contributed by atoms with van der Waals surface area (Å²) in [6.07, 6.45) is 1.76. The predicted octanol–water partition coefficient (Wildman–Crippen LogP) is 2.06. The first-order valence-electron chi connectivity index (χ1n) is 4.68. The molecule has 0 aliphatic carbocycles. The number of hydrogen-bond acceptors (Lipinski definition) is 3. The molecule has 3 nitrogen and oxygen atoms in total. The van der Waals surface area contributed by atoms with Crippen molar-refractivity contribution in [3.63, 3.8) is 0 Å². The molecule has 1 aromatic rings. The van der Waals surface area contributed by atoms with Crippen LogP contribution in [0.2, 0.25) is 0 Å². The van der Waals surface area contributed by atoms with Crippen molar-refractivity contribution in [1.82, 2.24) is 0 Å². The summed E-state index contributed by atoms with van der Waals surface area (Å²) >= 11 is 0. The SMILES string of the molecule is CCC[C@@H](N)c1cccc(C#N)c1O. The zero-order valence-electron chi connectivity index (χ0n) is 8.20. The highest BCUT2D eigenvalue weighted by molar-refractivity contribution is 5.48. The number of rotatable bonds is 3. The van der Waals surface area contributed by atoms with Crippen LogP contribution in [0.4, 0.5) is 0 Å². The van der Waals surface area contributed by atoms with Crippen molar-refractivity contribution in [2.24, 2.45) is 5.73 Å². The van der Waals surface area contributed by atoms with Crippen molar-refractivity contribution in [3.05, 3.63) is 29.3 Å². The standard InChI is InChI=1S/C11H14N2O/c1-2-4-10(13)9-6-3-5-8(7-12)11(9)14/h3,5-6,10,14H,2,4,13H2,1H3/t10-/m1/s1. The van der Waals surface area contributed by atoms with E-state index in [9.17, 15) is 5.11 Å². The predicted molar refractivity (Wildman–Crippen MR) is 54.7 cm³/mol. The van der Waals surface area contributed by atoms with Gasteiger partial charge in [0.05, 0.1) is 5.56 Å². The molecule has 0 heterocycles. The summed E-state index contributed by atoms with van der Waals surface area (Å²) in [6.45, 7) is 2.03. The summed E-state index contributed by atoms with van der Waals surface area (Å²) in [6, 6.07) is 6.82. The van der Waals surface area contributed by atoms with E-state index >= 15 is 0 Å². The molecule has 0 unspecified atom stereocenters. The maximum Gasteiger partial charge on any atom is 0.138 e. The molecule has 14 heavy (non-hydrogen) atoms. The number of phenols is 1. The Morgan fingerprint density at radius 2 is 2.29 bits per heavy atom. The minimum atomic E-state index is -0.187. The van der Waals surface area contributed by atoms with Crippen LogP contribution in [0.1, 0.15) is 36.9 Å². The van der Waals surface area contributed by atoms with Gasteiger partial charge in [-0.15, -0.1) is 0 Å². The van der Waals surface area contributed by atoms with E-state index in [4.69, 9.17) is 11.0 Å². The highest BCUT2D eigenvalue weighted by Crippen LogP contribution is 2.28. The molecule has 0 aliphatic heterocycles. The quantitative estimate of drug-likeness (QED) is 0.766. The van der Waals surface area contributed by atoms with Crippen molar-refractivity contribution in [2.75, 3.05) is 0 Å². The minimum absolute atomic E-state index is 0.0240. The third-order valence-electron chi connectivity index (χ3n) is 2.19. The van der Waals surface area contributed by atoms with Gasteiger partial charge in [0.25, 0.3) is 0 Å². The Labute approximate surface area is 83.8 Å². The van der Waals surface area contributed by atoms with Crippen LogP contribution >= 0.6 is 0 Å². The number of benzene rings is 1. The van der Waals surface area contributed by atoms with Gasteiger partial charge in [-0.2, -0.15) is 5.26 Å². The van der Waals surface area contributed by atoms with E-state index in [1.54, 1.807) is 18.2 Å². The second kappa shape index (κ2) is 4.64. The number of hydrogen-bond donors (Lipinski definition) is 2. The molecule has 0 fully saturated rings. The maximum absolute atomic E-state index is 9.68. The molecule has 0 bridgehead atoms. The normalized spacial score (nSPS) is 12.1. The second-order valence-corrected chi connectivity index (χ2v) is 3.25. The van der Waals surface area contributed by atoms with Crippen LogP contribution < -0.4 is 5.73 Å². The van der Waals surface area contributed by atoms with Crippen molar-refractivity contribution in [2.45, 2.75) is 25.8 Å². The van der Waals surface area contributed by atoms with Crippen molar-refractivity contribution >= 4 is 0 Å². The Bertz CT molecular complexity index is 355. The van der Waals surface area contributed by atoms with Gasteiger partial charge in [0.2, 0.25) is 0 Å². The van der Waals surface area contributed by atoms with Gasteiger partial charge in [-0.3, -0.25) is 0 Å². The highest BCUT2D eigenvalue weighted by atomic mass is 16.3. The van der Waals surface area contributed by atoms with Gasteiger partial charge >= 0.3 is 0 Å². The Balaban J connectivity index is 3.04.